The number of aliphatic imine (C=N–C) groups is 1. The molecular weight excluding hydrogens is 699 g/mol. The number of benzene rings is 2. The Morgan fingerprint density at radius 3 is 2.41 bits per heavy atom. The second kappa shape index (κ2) is 13.0. The van der Waals surface area contributed by atoms with Crippen LogP contribution >= 0.6 is 11.6 Å². The number of hydrogen-bond donors (Lipinski definition) is 2. The molecule has 2 aromatic carbocycles. The zero-order chi connectivity index (χ0) is 36.9. The summed E-state index contributed by atoms with van der Waals surface area (Å²) < 4.78 is 75.9. The zero-order valence-electron chi connectivity index (χ0n) is 27.7. The van der Waals surface area contributed by atoms with Crippen molar-refractivity contribution in [1.29, 1.82) is 0 Å². The molecule has 1 aliphatic heterocycles. The van der Waals surface area contributed by atoms with Crippen LogP contribution in [0.2, 0.25) is 5.02 Å². The SMILES string of the molecule is CC1(CC(=O)OC[C@H](c2ccc(Cl)c(-c3ncn[nH]3)c2)N2C(=O)[C@@](CC(C)(C)C(F)(F)F)(c3ccc(-c4cnn(C(F)F)c4)cc3)N=C2N)CC1. The van der Waals surface area contributed by atoms with Crippen molar-refractivity contribution in [3.63, 3.8) is 0 Å². The van der Waals surface area contributed by atoms with Crippen LogP contribution in [0.25, 0.3) is 22.5 Å². The number of carbonyl (C=O) groups is 2. The van der Waals surface area contributed by atoms with E-state index < -0.39 is 60.6 Å². The number of esters is 1. The second-order valence-electron chi connectivity index (χ2n) is 13.9. The second-order valence-corrected chi connectivity index (χ2v) is 14.3. The molecule has 1 saturated carbocycles. The molecule has 6 rings (SSSR count). The Morgan fingerprint density at radius 1 is 1.12 bits per heavy atom. The maximum atomic E-state index is 14.8. The van der Waals surface area contributed by atoms with Crippen LogP contribution in [0.3, 0.4) is 0 Å². The first-order chi connectivity index (χ1) is 23.9. The lowest BCUT2D eigenvalue weighted by molar-refractivity contribution is -0.218. The van der Waals surface area contributed by atoms with Gasteiger partial charge in [0.25, 0.3) is 5.91 Å². The number of nitrogens with zero attached hydrogens (tertiary/aromatic N) is 6. The monoisotopic (exact) mass is 732 g/mol. The summed E-state index contributed by atoms with van der Waals surface area (Å²) in [6.45, 7) is 0.603. The van der Waals surface area contributed by atoms with Gasteiger partial charge in [-0.15, -0.1) is 0 Å². The van der Waals surface area contributed by atoms with Crippen molar-refractivity contribution in [2.24, 2.45) is 21.6 Å². The third-order valence-corrected chi connectivity index (χ3v) is 9.85. The van der Waals surface area contributed by atoms with Gasteiger partial charge < -0.3 is 10.5 Å². The van der Waals surface area contributed by atoms with Gasteiger partial charge in [-0.05, 0) is 53.5 Å². The van der Waals surface area contributed by atoms with Gasteiger partial charge in [-0.2, -0.15) is 32.1 Å². The molecule has 11 nitrogen and oxygen atoms in total. The van der Waals surface area contributed by atoms with Gasteiger partial charge in [0.1, 0.15) is 12.9 Å². The highest BCUT2D eigenvalue weighted by atomic mass is 35.5. The largest absolute Gasteiger partial charge is 0.463 e. The van der Waals surface area contributed by atoms with E-state index in [0.29, 0.717) is 32.8 Å². The summed E-state index contributed by atoms with van der Waals surface area (Å²) in [4.78, 5) is 37.4. The minimum atomic E-state index is -4.75. The Bertz CT molecular complexity index is 1960. The van der Waals surface area contributed by atoms with E-state index in [1.165, 1.54) is 42.9 Å². The minimum Gasteiger partial charge on any atom is -0.463 e. The first-order valence-electron chi connectivity index (χ1n) is 15.9. The number of guanidine groups is 1. The average molecular weight is 733 g/mol. The molecule has 0 saturated heterocycles. The van der Waals surface area contributed by atoms with Gasteiger partial charge in [-0.1, -0.05) is 62.7 Å². The fourth-order valence-corrected chi connectivity index (χ4v) is 6.33. The molecule has 1 aliphatic carbocycles. The molecule has 1 fully saturated rings. The van der Waals surface area contributed by atoms with Crippen LogP contribution in [0.15, 0.2) is 66.2 Å². The van der Waals surface area contributed by atoms with E-state index in [9.17, 15) is 31.5 Å². The molecule has 270 valence electrons. The summed E-state index contributed by atoms with van der Waals surface area (Å²) in [7, 11) is 0. The average Bonchev–Trinajstić information content (AvgIpc) is 3.45. The number of rotatable bonds is 12. The molecule has 1 amide bonds. The smallest absolute Gasteiger partial charge is 0.394 e. The van der Waals surface area contributed by atoms with Gasteiger partial charge in [-0.3, -0.25) is 19.6 Å². The molecule has 0 bridgehead atoms. The van der Waals surface area contributed by atoms with E-state index in [1.807, 2.05) is 6.92 Å². The lowest BCUT2D eigenvalue weighted by Crippen LogP contribution is -2.49. The highest BCUT2D eigenvalue weighted by Gasteiger charge is 2.59. The Morgan fingerprint density at radius 2 is 1.82 bits per heavy atom. The van der Waals surface area contributed by atoms with Crippen LogP contribution in [0.5, 0.6) is 0 Å². The number of hydrogen-bond acceptors (Lipinski definition) is 8. The van der Waals surface area contributed by atoms with Crippen LogP contribution in [-0.4, -0.2) is 60.5 Å². The fourth-order valence-electron chi connectivity index (χ4n) is 6.13. The maximum Gasteiger partial charge on any atom is 0.394 e. The van der Waals surface area contributed by atoms with E-state index in [1.54, 1.807) is 12.1 Å². The van der Waals surface area contributed by atoms with Crippen LogP contribution < -0.4 is 5.73 Å². The summed E-state index contributed by atoms with van der Waals surface area (Å²) in [5.74, 6) is -1.50. The molecule has 4 aromatic rings. The van der Waals surface area contributed by atoms with Gasteiger partial charge in [-0.25, -0.2) is 14.7 Å². The highest BCUT2D eigenvalue weighted by molar-refractivity contribution is 6.33. The molecule has 17 heteroatoms. The van der Waals surface area contributed by atoms with E-state index in [2.05, 4.69) is 25.3 Å². The molecule has 2 aliphatic rings. The van der Waals surface area contributed by atoms with Gasteiger partial charge >= 0.3 is 18.7 Å². The standard InChI is InChI=1S/C34H34ClF5N8O3/c1-31(2,34(38,39)40)17-33(22-7-4-19(5-8-22)21-14-44-47(15-21)29(36)37)28(50)48(30(41)45-33)25(16-51-26(49)13-32(3)10-11-32)20-6-9-24(35)23(12-20)27-42-18-43-46-27/h4-9,12,14-15,18,25,29H,10-11,13,16-17H2,1-3H3,(H2,41,45)(H,42,43,46)/t25-,33-/m1/s1. The number of carbonyl (C=O) groups excluding carboxylic acids is 2. The lowest BCUT2D eigenvalue weighted by atomic mass is 9.74. The number of ether oxygens (including phenoxy) is 1. The van der Waals surface area contributed by atoms with Gasteiger partial charge in [0.05, 0.1) is 29.1 Å². The van der Waals surface area contributed by atoms with Crippen LogP contribution in [-0.2, 0) is 19.9 Å². The molecule has 3 N–H and O–H groups in total. The Hall–Kier alpha value is -4.86. The van der Waals surface area contributed by atoms with Crippen LogP contribution in [0.1, 0.15) is 70.2 Å². The topological polar surface area (TPSA) is 144 Å². The van der Waals surface area contributed by atoms with Crippen LogP contribution in [0, 0.1) is 10.8 Å². The minimum absolute atomic E-state index is 0.0798. The number of aromatic nitrogens is 5. The molecule has 0 spiro atoms. The molecule has 3 heterocycles. The van der Waals surface area contributed by atoms with E-state index in [4.69, 9.17) is 22.1 Å². The predicted octanol–water partition coefficient (Wildman–Crippen LogP) is 7.19. The van der Waals surface area contributed by atoms with Crippen molar-refractivity contribution in [3.8, 4) is 22.5 Å². The van der Waals surface area contributed by atoms with Gasteiger partial charge in [0, 0.05) is 17.3 Å². The van der Waals surface area contributed by atoms with Crippen molar-refractivity contribution < 1.29 is 36.3 Å². The number of nitrogens with two attached hydrogens (primary N) is 1. The quantitative estimate of drug-likeness (QED) is 0.116. The Labute approximate surface area is 294 Å². The number of halogens is 6. The van der Waals surface area contributed by atoms with E-state index in [-0.39, 0.29) is 22.4 Å². The van der Waals surface area contributed by atoms with E-state index in [0.717, 1.165) is 37.8 Å². The molecule has 2 atom stereocenters. The Kier molecular flexibility index (Phi) is 9.19. The molecule has 0 radical (unpaired) electrons. The van der Waals surface area contributed by atoms with Crippen molar-refractivity contribution in [1.82, 2.24) is 29.9 Å². The van der Waals surface area contributed by atoms with Crippen molar-refractivity contribution in [2.45, 2.75) is 70.8 Å². The van der Waals surface area contributed by atoms with Crippen molar-refractivity contribution in [3.05, 3.63) is 77.3 Å². The highest BCUT2D eigenvalue weighted by Crippen LogP contribution is 2.51. The van der Waals surface area contributed by atoms with Gasteiger partial charge in [0.15, 0.2) is 17.3 Å². The maximum absolute atomic E-state index is 14.8. The fraction of sp³-hybridized carbons (Fsp3) is 0.412. The molecule has 0 unspecified atom stereocenters. The number of amides is 1. The zero-order valence-corrected chi connectivity index (χ0v) is 28.5. The molecule has 2 aromatic heterocycles. The number of H-pyrrole nitrogens is 1. The third kappa shape index (κ3) is 7.05. The van der Waals surface area contributed by atoms with Crippen LogP contribution in [0.4, 0.5) is 22.0 Å². The van der Waals surface area contributed by atoms with E-state index >= 15 is 0 Å². The van der Waals surface area contributed by atoms with Gasteiger partial charge in [0.2, 0.25) is 0 Å². The predicted molar refractivity (Wildman–Crippen MR) is 176 cm³/mol. The first-order valence-corrected chi connectivity index (χ1v) is 16.3. The number of nitrogens with one attached hydrogen (secondary N) is 1. The van der Waals surface area contributed by atoms with Crippen molar-refractivity contribution in [2.75, 3.05) is 6.61 Å². The summed E-state index contributed by atoms with van der Waals surface area (Å²) in [5, 5.41) is 10.5. The third-order valence-electron chi connectivity index (χ3n) is 9.52. The number of alkyl halides is 5. The normalized spacial score (nSPS) is 19.4. The number of aromatic amines is 1. The molecule has 51 heavy (non-hydrogen) atoms. The summed E-state index contributed by atoms with van der Waals surface area (Å²) in [5.41, 5.74) is 3.26. The summed E-state index contributed by atoms with van der Waals surface area (Å²) in [6.07, 6.45) is -0.108. The lowest BCUT2D eigenvalue weighted by Gasteiger charge is -2.37. The first kappa shape index (κ1) is 35.9. The molecular formula is C34H34ClF5N8O3. The summed E-state index contributed by atoms with van der Waals surface area (Å²) in [6, 6.07) is 9.35. The Balaban J connectivity index is 1.42. The van der Waals surface area contributed by atoms with Crippen molar-refractivity contribution >= 4 is 29.4 Å². The summed E-state index contributed by atoms with van der Waals surface area (Å²) >= 11 is 6.48.